The molecule has 1 N–H and O–H groups in total. The van der Waals surface area contributed by atoms with Crippen LogP contribution in [-0.2, 0) is 15.7 Å². The van der Waals surface area contributed by atoms with Crippen LogP contribution >= 0.6 is 0 Å². The molecule has 0 bridgehead atoms. The van der Waals surface area contributed by atoms with Gasteiger partial charge in [0.25, 0.3) is 0 Å². The largest absolute Gasteiger partial charge is 0.482 e. The first kappa shape index (κ1) is 16.6. The first-order valence-corrected chi connectivity index (χ1v) is 6.48. The summed E-state index contributed by atoms with van der Waals surface area (Å²) in [6.45, 7) is -1.08. The van der Waals surface area contributed by atoms with Crippen molar-refractivity contribution in [3.05, 3.63) is 53.9 Å². The normalized spacial score (nSPS) is 11.1. The van der Waals surface area contributed by atoms with Gasteiger partial charge in [-0.25, -0.2) is 4.79 Å². The highest BCUT2D eigenvalue weighted by molar-refractivity contribution is 5.96. The van der Waals surface area contributed by atoms with Gasteiger partial charge in [-0.2, -0.15) is 13.2 Å². The third-order valence-corrected chi connectivity index (χ3v) is 2.78. The molecule has 0 saturated heterocycles. The Balaban J connectivity index is 1.82. The van der Waals surface area contributed by atoms with Crippen LogP contribution in [0.5, 0.6) is 5.75 Å². The Labute approximate surface area is 129 Å². The lowest BCUT2D eigenvalue weighted by molar-refractivity contribution is -0.144. The van der Waals surface area contributed by atoms with Crippen molar-refractivity contribution in [2.24, 2.45) is 0 Å². The molecule has 0 aliphatic heterocycles. The lowest BCUT2D eigenvalue weighted by atomic mass is 10.2. The molecule has 0 radical (unpaired) electrons. The molecule has 1 aromatic carbocycles. The van der Waals surface area contributed by atoms with Crippen molar-refractivity contribution >= 4 is 11.8 Å². The van der Waals surface area contributed by atoms with Crippen LogP contribution in [0.2, 0.25) is 0 Å². The Morgan fingerprint density at radius 2 is 1.87 bits per heavy atom. The van der Waals surface area contributed by atoms with Crippen LogP contribution in [0.4, 0.5) is 13.2 Å². The minimum atomic E-state index is -4.50. The zero-order valence-corrected chi connectivity index (χ0v) is 11.7. The molecule has 0 unspecified atom stereocenters. The number of carbonyl (C=O) groups is 2. The van der Waals surface area contributed by atoms with Gasteiger partial charge in [0.1, 0.15) is 5.75 Å². The van der Waals surface area contributed by atoms with Crippen molar-refractivity contribution in [1.29, 1.82) is 0 Å². The molecule has 0 amide bonds. The predicted octanol–water partition coefficient (Wildman–Crippen LogP) is 2.84. The molecule has 2 aromatic rings. The van der Waals surface area contributed by atoms with E-state index in [0.717, 1.165) is 18.2 Å². The fourth-order valence-corrected chi connectivity index (χ4v) is 1.67. The van der Waals surface area contributed by atoms with Crippen LogP contribution in [0, 0.1) is 0 Å². The maximum absolute atomic E-state index is 12.5. The molecule has 0 atom stereocenters. The third-order valence-electron chi connectivity index (χ3n) is 2.78. The summed E-state index contributed by atoms with van der Waals surface area (Å²) in [5, 5.41) is 0. The number of rotatable bonds is 6. The Hall–Kier alpha value is -2.77. The smallest absolute Gasteiger partial charge is 0.416 e. The number of aromatic amines is 1. The standard InChI is InChI=1S/C15H12F3NO4/c16-15(17,18)10-3-1-4-11(7-10)22-9-14(21)23-8-13(20)12-5-2-6-19-12/h1-7,19H,8-9H2. The minimum absolute atomic E-state index is 0.118. The van der Waals surface area contributed by atoms with Gasteiger partial charge in [-0.3, -0.25) is 4.79 Å². The molecule has 0 saturated carbocycles. The molecule has 5 nitrogen and oxygen atoms in total. The Bertz CT molecular complexity index is 680. The lowest BCUT2D eigenvalue weighted by Crippen LogP contribution is -2.19. The third kappa shape index (κ3) is 4.87. The number of benzene rings is 1. The lowest BCUT2D eigenvalue weighted by Gasteiger charge is -2.10. The average Bonchev–Trinajstić information content (AvgIpc) is 3.04. The molecular weight excluding hydrogens is 315 g/mol. The van der Waals surface area contributed by atoms with Crippen molar-refractivity contribution in [3.63, 3.8) is 0 Å². The fourth-order valence-electron chi connectivity index (χ4n) is 1.67. The number of ketones is 1. The second-order valence-corrected chi connectivity index (χ2v) is 4.48. The number of ether oxygens (including phenoxy) is 2. The van der Waals surface area contributed by atoms with E-state index in [1.165, 1.54) is 12.1 Å². The average molecular weight is 327 g/mol. The fraction of sp³-hybridized carbons (Fsp3) is 0.200. The van der Waals surface area contributed by atoms with Gasteiger partial charge in [-0.05, 0) is 30.3 Å². The Kier molecular flexibility index (Phi) is 5.05. The Morgan fingerprint density at radius 3 is 2.52 bits per heavy atom. The summed E-state index contributed by atoms with van der Waals surface area (Å²) in [4.78, 5) is 25.7. The van der Waals surface area contributed by atoms with Gasteiger partial charge in [-0.1, -0.05) is 6.07 Å². The van der Waals surface area contributed by atoms with Crippen LogP contribution in [0.3, 0.4) is 0 Å². The summed E-state index contributed by atoms with van der Waals surface area (Å²) in [7, 11) is 0. The summed E-state index contributed by atoms with van der Waals surface area (Å²) in [6.07, 6.45) is -2.95. The second kappa shape index (κ2) is 6.99. The molecular formula is C15H12F3NO4. The van der Waals surface area contributed by atoms with Crippen molar-refractivity contribution in [2.75, 3.05) is 13.2 Å². The summed E-state index contributed by atoms with van der Waals surface area (Å²) in [5.41, 5.74) is -0.595. The number of aromatic nitrogens is 1. The van der Waals surface area contributed by atoms with E-state index in [1.54, 1.807) is 12.3 Å². The van der Waals surface area contributed by atoms with E-state index in [9.17, 15) is 22.8 Å². The predicted molar refractivity (Wildman–Crippen MR) is 73.0 cm³/mol. The SMILES string of the molecule is O=C(COc1cccc(C(F)(F)F)c1)OCC(=O)c1ccc[nH]1. The molecule has 2 rings (SSSR count). The molecule has 122 valence electrons. The second-order valence-electron chi connectivity index (χ2n) is 4.48. The van der Waals surface area contributed by atoms with E-state index in [2.05, 4.69) is 4.98 Å². The summed E-state index contributed by atoms with van der Waals surface area (Å²) in [5.74, 6) is -1.41. The van der Waals surface area contributed by atoms with Gasteiger partial charge in [0.15, 0.2) is 13.2 Å². The molecule has 23 heavy (non-hydrogen) atoms. The number of halogens is 3. The van der Waals surface area contributed by atoms with Crippen LogP contribution < -0.4 is 4.74 Å². The van der Waals surface area contributed by atoms with Crippen molar-refractivity contribution < 1.29 is 32.2 Å². The molecule has 0 aliphatic carbocycles. The van der Waals surface area contributed by atoms with E-state index < -0.39 is 36.7 Å². The van der Waals surface area contributed by atoms with Crippen molar-refractivity contribution in [3.8, 4) is 5.75 Å². The van der Waals surface area contributed by atoms with Crippen LogP contribution in [0.1, 0.15) is 16.1 Å². The van der Waals surface area contributed by atoms with E-state index >= 15 is 0 Å². The number of hydrogen-bond donors (Lipinski definition) is 1. The van der Waals surface area contributed by atoms with Gasteiger partial charge in [0.2, 0.25) is 5.78 Å². The van der Waals surface area contributed by atoms with Gasteiger partial charge < -0.3 is 14.5 Å². The highest BCUT2D eigenvalue weighted by atomic mass is 19.4. The zero-order chi connectivity index (χ0) is 16.9. The monoisotopic (exact) mass is 327 g/mol. The van der Waals surface area contributed by atoms with E-state index in [1.807, 2.05) is 0 Å². The van der Waals surface area contributed by atoms with Crippen LogP contribution in [0.25, 0.3) is 0 Å². The number of alkyl halides is 3. The highest BCUT2D eigenvalue weighted by Crippen LogP contribution is 2.31. The van der Waals surface area contributed by atoms with E-state index in [4.69, 9.17) is 9.47 Å². The van der Waals surface area contributed by atoms with Crippen molar-refractivity contribution in [2.45, 2.75) is 6.18 Å². The number of H-pyrrole nitrogens is 1. The summed E-state index contributed by atoms with van der Waals surface area (Å²) < 4.78 is 47.2. The minimum Gasteiger partial charge on any atom is -0.482 e. The number of esters is 1. The zero-order valence-electron chi connectivity index (χ0n) is 11.7. The molecule has 8 heteroatoms. The molecule has 1 aromatic heterocycles. The summed E-state index contributed by atoms with van der Waals surface area (Å²) >= 11 is 0. The number of hydrogen-bond acceptors (Lipinski definition) is 4. The number of nitrogens with one attached hydrogen (secondary N) is 1. The maximum Gasteiger partial charge on any atom is 0.416 e. The van der Waals surface area contributed by atoms with Crippen molar-refractivity contribution in [1.82, 2.24) is 4.98 Å². The highest BCUT2D eigenvalue weighted by Gasteiger charge is 2.30. The summed E-state index contributed by atoms with van der Waals surface area (Å²) in [6, 6.07) is 7.25. The van der Waals surface area contributed by atoms with Gasteiger partial charge >= 0.3 is 12.1 Å². The first-order valence-electron chi connectivity index (χ1n) is 6.48. The van der Waals surface area contributed by atoms with E-state index in [-0.39, 0.29) is 11.4 Å². The van der Waals surface area contributed by atoms with Gasteiger partial charge in [0.05, 0.1) is 11.3 Å². The van der Waals surface area contributed by atoms with Crippen LogP contribution in [-0.4, -0.2) is 30.0 Å². The first-order chi connectivity index (χ1) is 10.9. The van der Waals surface area contributed by atoms with Gasteiger partial charge in [0, 0.05) is 6.20 Å². The number of carbonyl (C=O) groups excluding carboxylic acids is 2. The Morgan fingerprint density at radius 1 is 1.09 bits per heavy atom. The number of Topliss-reactive ketones (excluding diaryl/α,β-unsaturated/α-hetero) is 1. The van der Waals surface area contributed by atoms with E-state index in [0.29, 0.717) is 0 Å². The quantitative estimate of drug-likeness (QED) is 0.654. The molecule has 0 fully saturated rings. The molecule has 0 spiro atoms. The van der Waals surface area contributed by atoms with Gasteiger partial charge in [-0.15, -0.1) is 0 Å². The van der Waals surface area contributed by atoms with Crippen LogP contribution in [0.15, 0.2) is 42.6 Å². The molecule has 0 aliphatic rings. The topological polar surface area (TPSA) is 68.4 Å². The molecule has 1 heterocycles. The maximum atomic E-state index is 12.5.